The second kappa shape index (κ2) is 4.17. The molecule has 0 spiro atoms. The SMILES string of the molecule is C=C1C(C(C)C)CCCN1C(C)C. The summed E-state index contributed by atoms with van der Waals surface area (Å²) >= 11 is 0. The topological polar surface area (TPSA) is 3.24 Å². The third kappa shape index (κ3) is 2.26. The molecule has 1 rings (SSSR count). The zero-order chi connectivity index (χ0) is 10.0. The summed E-state index contributed by atoms with van der Waals surface area (Å²) in [5.41, 5.74) is 1.37. The van der Waals surface area contributed by atoms with E-state index in [0.29, 0.717) is 6.04 Å². The minimum Gasteiger partial charge on any atom is -0.373 e. The number of allylic oxidation sites excluding steroid dienone is 1. The fraction of sp³-hybridized carbons (Fsp3) is 0.833. The van der Waals surface area contributed by atoms with Crippen molar-refractivity contribution in [2.75, 3.05) is 6.54 Å². The van der Waals surface area contributed by atoms with Crippen LogP contribution in [0.5, 0.6) is 0 Å². The van der Waals surface area contributed by atoms with Crippen molar-refractivity contribution in [1.29, 1.82) is 0 Å². The predicted octanol–water partition coefficient (Wildman–Crippen LogP) is 3.28. The quantitative estimate of drug-likeness (QED) is 0.632. The third-order valence-corrected chi connectivity index (χ3v) is 3.14. The number of piperidine rings is 1. The van der Waals surface area contributed by atoms with Crippen molar-refractivity contribution in [2.24, 2.45) is 11.8 Å². The number of nitrogens with zero attached hydrogens (tertiary/aromatic N) is 1. The smallest absolute Gasteiger partial charge is 0.0230 e. The summed E-state index contributed by atoms with van der Waals surface area (Å²) in [5.74, 6) is 1.46. The van der Waals surface area contributed by atoms with Gasteiger partial charge in [-0.3, -0.25) is 0 Å². The molecule has 1 aliphatic heterocycles. The summed E-state index contributed by atoms with van der Waals surface area (Å²) in [6.45, 7) is 14.6. The Morgan fingerprint density at radius 2 is 1.92 bits per heavy atom. The van der Waals surface area contributed by atoms with Gasteiger partial charge in [0.2, 0.25) is 0 Å². The van der Waals surface area contributed by atoms with Crippen molar-refractivity contribution < 1.29 is 0 Å². The Bertz CT molecular complexity index is 164. The van der Waals surface area contributed by atoms with E-state index in [4.69, 9.17) is 0 Å². The molecule has 1 atom stereocenters. The van der Waals surface area contributed by atoms with E-state index in [-0.39, 0.29) is 0 Å². The van der Waals surface area contributed by atoms with Crippen molar-refractivity contribution >= 4 is 0 Å². The highest BCUT2D eigenvalue weighted by Crippen LogP contribution is 2.32. The van der Waals surface area contributed by atoms with Crippen molar-refractivity contribution in [3.8, 4) is 0 Å². The van der Waals surface area contributed by atoms with E-state index in [9.17, 15) is 0 Å². The van der Waals surface area contributed by atoms with Crippen LogP contribution in [0.3, 0.4) is 0 Å². The molecule has 1 fully saturated rings. The molecule has 0 aromatic heterocycles. The lowest BCUT2D eigenvalue weighted by atomic mass is 9.85. The number of likely N-dealkylation sites (tertiary alicyclic amines) is 1. The van der Waals surface area contributed by atoms with Gasteiger partial charge in [-0.15, -0.1) is 0 Å². The Kier molecular flexibility index (Phi) is 3.40. The minimum absolute atomic E-state index is 0.619. The van der Waals surface area contributed by atoms with Crippen LogP contribution < -0.4 is 0 Å². The van der Waals surface area contributed by atoms with Gasteiger partial charge < -0.3 is 4.90 Å². The average molecular weight is 181 g/mol. The normalized spacial score (nSPS) is 24.6. The van der Waals surface area contributed by atoms with E-state index >= 15 is 0 Å². The van der Waals surface area contributed by atoms with Gasteiger partial charge in [0.15, 0.2) is 0 Å². The van der Waals surface area contributed by atoms with Gasteiger partial charge in [0.05, 0.1) is 0 Å². The van der Waals surface area contributed by atoms with Gasteiger partial charge >= 0.3 is 0 Å². The molecule has 0 N–H and O–H groups in total. The van der Waals surface area contributed by atoms with E-state index in [1.807, 2.05) is 0 Å². The largest absolute Gasteiger partial charge is 0.373 e. The maximum absolute atomic E-state index is 4.25. The first kappa shape index (κ1) is 10.6. The first-order valence-electron chi connectivity index (χ1n) is 5.49. The van der Waals surface area contributed by atoms with Crippen LogP contribution in [0.15, 0.2) is 12.3 Å². The van der Waals surface area contributed by atoms with Crippen LogP contribution >= 0.6 is 0 Å². The molecule has 1 unspecified atom stereocenters. The van der Waals surface area contributed by atoms with Crippen LogP contribution in [0.2, 0.25) is 0 Å². The van der Waals surface area contributed by atoms with E-state index in [2.05, 4.69) is 39.2 Å². The Morgan fingerprint density at radius 1 is 1.31 bits per heavy atom. The standard InChI is InChI=1S/C12H23N/c1-9(2)12-7-6-8-13(10(3)4)11(12)5/h9-10,12H,5-8H2,1-4H3. The lowest BCUT2D eigenvalue weighted by molar-refractivity contribution is 0.179. The summed E-state index contributed by atoms with van der Waals surface area (Å²) in [6.07, 6.45) is 2.67. The van der Waals surface area contributed by atoms with E-state index in [1.54, 1.807) is 0 Å². The van der Waals surface area contributed by atoms with Gasteiger partial charge in [-0.05, 0) is 32.6 Å². The molecular formula is C12H23N. The van der Waals surface area contributed by atoms with Gasteiger partial charge in [0, 0.05) is 24.2 Å². The predicted molar refractivity (Wildman–Crippen MR) is 58.5 cm³/mol. The van der Waals surface area contributed by atoms with Crippen molar-refractivity contribution in [2.45, 2.75) is 46.6 Å². The molecule has 76 valence electrons. The summed E-state index contributed by atoms with van der Waals surface area (Å²) in [5, 5.41) is 0. The van der Waals surface area contributed by atoms with Gasteiger partial charge in [-0.1, -0.05) is 20.4 Å². The fourth-order valence-corrected chi connectivity index (χ4v) is 2.31. The van der Waals surface area contributed by atoms with E-state index < -0.39 is 0 Å². The first-order valence-corrected chi connectivity index (χ1v) is 5.49. The number of rotatable bonds is 2. The monoisotopic (exact) mass is 181 g/mol. The first-order chi connectivity index (χ1) is 6.04. The molecule has 0 amide bonds. The Hall–Kier alpha value is -0.460. The molecule has 0 saturated carbocycles. The summed E-state index contributed by atoms with van der Waals surface area (Å²) in [7, 11) is 0. The van der Waals surface area contributed by atoms with Gasteiger partial charge in [0.1, 0.15) is 0 Å². The van der Waals surface area contributed by atoms with Crippen LogP contribution in [-0.4, -0.2) is 17.5 Å². The molecule has 0 aromatic rings. The van der Waals surface area contributed by atoms with Crippen LogP contribution in [0.1, 0.15) is 40.5 Å². The van der Waals surface area contributed by atoms with Gasteiger partial charge in [-0.25, -0.2) is 0 Å². The fourth-order valence-electron chi connectivity index (χ4n) is 2.31. The Balaban J connectivity index is 2.66. The van der Waals surface area contributed by atoms with Crippen molar-refractivity contribution in [3.63, 3.8) is 0 Å². The lowest BCUT2D eigenvalue weighted by Crippen LogP contribution is -2.38. The molecule has 0 radical (unpaired) electrons. The molecule has 1 heterocycles. The zero-order valence-corrected chi connectivity index (χ0v) is 9.51. The minimum atomic E-state index is 0.619. The van der Waals surface area contributed by atoms with Crippen LogP contribution in [-0.2, 0) is 0 Å². The third-order valence-electron chi connectivity index (χ3n) is 3.14. The average Bonchev–Trinajstić information content (AvgIpc) is 2.03. The second-order valence-corrected chi connectivity index (χ2v) is 4.77. The highest BCUT2D eigenvalue weighted by atomic mass is 15.2. The Labute approximate surface area is 82.8 Å². The molecule has 1 heteroatoms. The summed E-state index contributed by atoms with van der Waals surface area (Å²) in [6, 6.07) is 0.619. The van der Waals surface area contributed by atoms with Crippen LogP contribution in [0, 0.1) is 11.8 Å². The molecule has 13 heavy (non-hydrogen) atoms. The maximum Gasteiger partial charge on any atom is 0.0230 e. The van der Waals surface area contributed by atoms with Gasteiger partial charge in [-0.2, -0.15) is 0 Å². The highest BCUT2D eigenvalue weighted by molar-refractivity contribution is 5.05. The number of hydrogen-bond acceptors (Lipinski definition) is 1. The molecule has 1 aliphatic rings. The van der Waals surface area contributed by atoms with Crippen LogP contribution in [0.25, 0.3) is 0 Å². The molecule has 0 aromatic carbocycles. The Morgan fingerprint density at radius 3 is 2.38 bits per heavy atom. The highest BCUT2D eigenvalue weighted by Gasteiger charge is 2.26. The molecule has 0 aliphatic carbocycles. The molecule has 1 saturated heterocycles. The maximum atomic E-state index is 4.25. The van der Waals surface area contributed by atoms with Gasteiger partial charge in [0.25, 0.3) is 0 Å². The molecule has 0 bridgehead atoms. The molecule has 1 nitrogen and oxygen atoms in total. The summed E-state index contributed by atoms with van der Waals surface area (Å²) in [4.78, 5) is 2.47. The molecular weight excluding hydrogens is 158 g/mol. The van der Waals surface area contributed by atoms with Crippen molar-refractivity contribution in [3.05, 3.63) is 12.3 Å². The van der Waals surface area contributed by atoms with E-state index in [0.717, 1.165) is 11.8 Å². The zero-order valence-electron chi connectivity index (χ0n) is 9.51. The van der Waals surface area contributed by atoms with Crippen LogP contribution in [0.4, 0.5) is 0 Å². The number of hydrogen-bond donors (Lipinski definition) is 0. The van der Waals surface area contributed by atoms with Crippen molar-refractivity contribution in [1.82, 2.24) is 4.90 Å². The summed E-state index contributed by atoms with van der Waals surface area (Å²) < 4.78 is 0. The lowest BCUT2D eigenvalue weighted by Gasteiger charge is -2.41. The second-order valence-electron chi connectivity index (χ2n) is 4.77. The van der Waals surface area contributed by atoms with E-state index in [1.165, 1.54) is 25.1 Å².